The lowest BCUT2D eigenvalue weighted by Crippen LogP contribution is -2.36. The molecule has 17 heavy (non-hydrogen) atoms. The van der Waals surface area contributed by atoms with E-state index in [1.807, 2.05) is 6.08 Å². The Kier molecular flexibility index (Phi) is 2.05. The first-order valence-electron chi connectivity index (χ1n) is 6.49. The van der Waals surface area contributed by atoms with E-state index in [0.717, 1.165) is 19.1 Å². The fourth-order valence-corrected chi connectivity index (χ4v) is 4.31. The second kappa shape index (κ2) is 3.11. The average molecular weight is 232 g/mol. The highest BCUT2D eigenvalue weighted by Gasteiger charge is 2.62. The van der Waals surface area contributed by atoms with E-state index in [9.17, 15) is 9.90 Å². The van der Waals surface area contributed by atoms with Crippen molar-refractivity contribution in [2.45, 2.75) is 39.7 Å². The van der Waals surface area contributed by atoms with Crippen molar-refractivity contribution < 1.29 is 9.90 Å². The van der Waals surface area contributed by atoms with Gasteiger partial charge in [-0.2, -0.15) is 0 Å². The van der Waals surface area contributed by atoms with Gasteiger partial charge in [0.1, 0.15) is 6.29 Å². The molecule has 0 amide bonds. The summed E-state index contributed by atoms with van der Waals surface area (Å²) in [6.45, 7) is 6.59. The smallest absolute Gasteiger partial charge is 0.130 e. The predicted molar refractivity (Wildman–Crippen MR) is 66.3 cm³/mol. The second-order valence-electron chi connectivity index (χ2n) is 6.63. The molecule has 1 unspecified atom stereocenters. The van der Waals surface area contributed by atoms with Gasteiger partial charge in [0.15, 0.2) is 0 Å². The number of aliphatic hydroxyl groups excluding tert-OH is 1. The molecule has 3 aliphatic rings. The van der Waals surface area contributed by atoms with Gasteiger partial charge in [-0.15, -0.1) is 0 Å². The van der Waals surface area contributed by atoms with Crippen molar-refractivity contribution in [2.24, 2.45) is 22.7 Å². The molecule has 0 heterocycles. The first-order chi connectivity index (χ1) is 7.92. The molecule has 0 aliphatic heterocycles. The van der Waals surface area contributed by atoms with Crippen LogP contribution in [0.15, 0.2) is 23.3 Å². The molecule has 92 valence electrons. The van der Waals surface area contributed by atoms with Crippen LogP contribution in [0.3, 0.4) is 0 Å². The highest BCUT2D eigenvalue weighted by Crippen LogP contribution is 2.65. The third-order valence-corrected chi connectivity index (χ3v) is 5.09. The minimum atomic E-state index is -0.592. The lowest BCUT2D eigenvalue weighted by molar-refractivity contribution is -0.121. The van der Waals surface area contributed by atoms with Crippen molar-refractivity contribution in [3.05, 3.63) is 23.3 Å². The number of rotatable bonds is 1. The monoisotopic (exact) mass is 232 g/mol. The van der Waals surface area contributed by atoms with Crippen LogP contribution in [0, 0.1) is 22.7 Å². The van der Waals surface area contributed by atoms with Crippen LogP contribution < -0.4 is 0 Å². The molecule has 0 aromatic heterocycles. The molecule has 3 rings (SSSR count). The molecule has 1 saturated carbocycles. The fourth-order valence-electron chi connectivity index (χ4n) is 4.31. The van der Waals surface area contributed by atoms with Crippen LogP contribution in [-0.4, -0.2) is 17.5 Å². The van der Waals surface area contributed by atoms with Crippen LogP contribution >= 0.6 is 0 Å². The van der Waals surface area contributed by atoms with Crippen LogP contribution in [0.2, 0.25) is 0 Å². The predicted octanol–water partition coefficient (Wildman–Crippen LogP) is 2.48. The van der Waals surface area contributed by atoms with Gasteiger partial charge in [0.25, 0.3) is 0 Å². The summed E-state index contributed by atoms with van der Waals surface area (Å²) in [6, 6.07) is 0. The summed E-state index contributed by atoms with van der Waals surface area (Å²) in [4.78, 5) is 11.6. The summed E-state index contributed by atoms with van der Waals surface area (Å²) in [6.07, 6.45) is 6.51. The number of carbonyl (C=O) groups excluding carboxylic acids is 1. The Morgan fingerprint density at radius 1 is 1.47 bits per heavy atom. The minimum absolute atomic E-state index is 0.0478. The zero-order chi connectivity index (χ0) is 12.4. The van der Waals surface area contributed by atoms with Crippen molar-refractivity contribution in [1.29, 1.82) is 0 Å². The molecule has 1 fully saturated rings. The summed E-state index contributed by atoms with van der Waals surface area (Å²) in [5.41, 5.74) is 2.16. The Hall–Kier alpha value is -0.890. The van der Waals surface area contributed by atoms with Gasteiger partial charge in [-0.1, -0.05) is 44.1 Å². The highest BCUT2D eigenvalue weighted by molar-refractivity contribution is 5.70. The molecule has 1 N–H and O–H groups in total. The lowest BCUT2D eigenvalue weighted by atomic mass is 9.71. The number of aliphatic hydroxyl groups is 1. The zero-order valence-electron chi connectivity index (χ0n) is 10.7. The first-order valence-corrected chi connectivity index (χ1v) is 6.49. The first kappa shape index (κ1) is 11.2. The maximum absolute atomic E-state index is 11.6. The van der Waals surface area contributed by atoms with E-state index in [4.69, 9.17) is 0 Å². The second-order valence-corrected chi connectivity index (χ2v) is 6.63. The topological polar surface area (TPSA) is 37.3 Å². The third kappa shape index (κ3) is 1.17. The van der Waals surface area contributed by atoms with Crippen molar-refractivity contribution >= 4 is 6.29 Å². The van der Waals surface area contributed by atoms with Gasteiger partial charge < -0.3 is 9.90 Å². The molecular weight excluding hydrogens is 212 g/mol. The van der Waals surface area contributed by atoms with Gasteiger partial charge in [0, 0.05) is 5.92 Å². The molecule has 3 aliphatic carbocycles. The van der Waals surface area contributed by atoms with Crippen molar-refractivity contribution in [3.8, 4) is 0 Å². The number of allylic oxidation sites excluding steroid dienone is 3. The van der Waals surface area contributed by atoms with Crippen LogP contribution in [0.4, 0.5) is 0 Å². The van der Waals surface area contributed by atoms with E-state index in [1.165, 1.54) is 11.1 Å². The van der Waals surface area contributed by atoms with E-state index >= 15 is 0 Å². The van der Waals surface area contributed by atoms with Gasteiger partial charge in [0.05, 0.1) is 11.5 Å². The Balaban J connectivity index is 2.21. The molecule has 4 atom stereocenters. The van der Waals surface area contributed by atoms with Crippen molar-refractivity contribution in [3.63, 3.8) is 0 Å². The molecule has 0 saturated heterocycles. The number of aldehydes is 1. The van der Waals surface area contributed by atoms with Gasteiger partial charge >= 0.3 is 0 Å². The van der Waals surface area contributed by atoms with Crippen LogP contribution in [-0.2, 0) is 4.79 Å². The molecule has 0 spiro atoms. The Morgan fingerprint density at radius 2 is 2.18 bits per heavy atom. The highest BCUT2D eigenvalue weighted by atomic mass is 16.3. The van der Waals surface area contributed by atoms with Crippen molar-refractivity contribution in [1.82, 2.24) is 0 Å². The molecule has 0 aromatic carbocycles. The van der Waals surface area contributed by atoms with Crippen LogP contribution in [0.25, 0.3) is 0 Å². The molecule has 0 aromatic rings. The Labute approximate surface area is 102 Å². The SMILES string of the molecule is C[C@@H]1CC=C2[C@@H]3C1=CC(O)[C@@]3(C=O)CC2(C)C. The number of hydrogen-bond donors (Lipinski definition) is 1. The molecule has 2 nitrogen and oxygen atoms in total. The fraction of sp³-hybridized carbons (Fsp3) is 0.667. The van der Waals surface area contributed by atoms with Gasteiger partial charge in [-0.3, -0.25) is 0 Å². The van der Waals surface area contributed by atoms with E-state index in [2.05, 4.69) is 26.8 Å². The normalized spacial score (nSPS) is 46.2. The lowest BCUT2D eigenvalue weighted by Gasteiger charge is -2.32. The van der Waals surface area contributed by atoms with Gasteiger partial charge in [0.2, 0.25) is 0 Å². The van der Waals surface area contributed by atoms with Gasteiger partial charge in [-0.05, 0) is 24.2 Å². The third-order valence-electron chi connectivity index (χ3n) is 5.09. The average Bonchev–Trinajstić information content (AvgIpc) is 2.67. The summed E-state index contributed by atoms with van der Waals surface area (Å²) in [5, 5.41) is 10.3. The summed E-state index contributed by atoms with van der Waals surface area (Å²) in [7, 11) is 0. The molecule has 0 bridgehead atoms. The number of hydrogen-bond acceptors (Lipinski definition) is 2. The van der Waals surface area contributed by atoms with E-state index in [-0.39, 0.29) is 11.3 Å². The maximum atomic E-state index is 11.6. The Bertz CT molecular complexity index is 444. The zero-order valence-corrected chi connectivity index (χ0v) is 10.7. The summed E-state index contributed by atoms with van der Waals surface area (Å²) in [5.74, 6) is 0.642. The van der Waals surface area contributed by atoms with Crippen LogP contribution in [0.1, 0.15) is 33.6 Å². The minimum Gasteiger partial charge on any atom is -0.388 e. The molecule has 2 heteroatoms. The molecular formula is C15H20O2. The standard InChI is InChI=1S/C15H20O2/c1-9-4-5-11-13-10(9)6-12(17)15(13,8-16)7-14(11,2)3/h5-6,8-9,12-13,17H,4,7H2,1-3H3/t9-,12?,13+,15+/m1/s1. The van der Waals surface area contributed by atoms with E-state index in [0.29, 0.717) is 5.92 Å². The summed E-state index contributed by atoms with van der Waals surface area (Å²) < 4.78 is 0. The van der Waals surface area contributed by atoms with Gasteiger partial charge in [-0.25, -0.2) is 0 Å². The van der Waals surface area contributed by atoms with E-state index < -0.39 is 11.5 Å². The largest absolute Gasteiger partial charge is 0.388 e. The Morgan fingerprint density at radius 3 is 2.82 bits per heavy atom. The summed E-state index contributed by atoms with van der Waals surface area (Å²) >= 11 is 0. The maximum Gasteiger partial charge on any atom is 0.130 e. The molecule has 0 radical (unpaired) electrons. The van der Waals surface area contributed by atoms with Crippen LogP contribution in [0.5, 0.6) is 0 Å². The number of carbonyl (C=O) groups is 1. The van der Waals surface area contributed by atoms with Crippen molar-refractivity contribution in [2.75, 3.05) is 0 Å². The quantitative estimate of drug-likeness (QED) is 0.557. The van der Waals surface area contributed by atoms with E-state index in [1.54, 1.807) is 0 Å².